The summed E-state index contributed by atoms with van der Waals surface area (Å²) in [6.07, 6.45) is -0.924. The minimum atomic E-state index is -0.924. The molecule has 1 amide bonds. The molecule has 2 rings (SSSR count). The molecular weight excluding hydrogens is 252 g/mol. The Kier molecular flexibility index (Phi) is 3.50. The summed E-state index contributed by atoms with van der Waals surface area (Å²) < 4.78 is 0. The van der Waals surface area contributed by atoms with Gasteiger partial charge in [0.2, 0.25) is 0 Å². The van der Waals surface area contributed by atoms with E-state index in [1.807, 2.05) is 4.90 Å². The van der Waals surface area contributed by atoms with Crippen LogP contribution < -0.4 is 4.90 Å². The third kappa shape index (κ3) is 2.72. The van der Waals surface area contributed by atoms with Gasteiger partial charge in [0.05, 0.1) is 4.92 Å². The SMILES string of the molecule is Cc1nc(N2CCN(C(=O)O)CC2)ccc1[N+](=O)[O-]. The van der Waals surface area contributed by atoms with Crippen molar-refractivity contribution in [2.45, 2.75) is 6.92 Å². The van der Waals surface area contributed by atoms with E-state index in [0.29, 0.717) is 37.7 Å². The number of pyridine rings is 1. The normalized spacial score (nSPS) is 15.4. The number of nitro groups is 1. The zero-order chi connectivity index (χ0) is 14.0. The van der Waals surface area contributed by atoms with E-state index in [2.05, 4.69) is 4.98 Å². The topological polar surface area (TPSA) is 99.8 Å². The molecule has 8 heteroatoms. The summed E-state index contributed by atoms with van der Waals surface area (Å²) in [4.78, 5) is 28.5. The Labute approximate surface area is 109 Å². The first-order chi connectivity index (χ1) is 8.99. The van der Waals surface area contributed by atoms with Crippen LogP contribution in [0.15, 0.2) is 12.1 Å². The van der Waals surface area contributed by atoms with E-state index in [1.165, 1.54) is 11.0 Å². The van der Waals surface area contributed by atoms with Crippen LogP contribution in [0.3, 0.4) is 0 Å². The molecule has 19 heavy (non-hydrogen) atoms. The highest BCUT2D eigenvalue weighted by atomic mass is 16.6. The lowest BCUT2D eigenvalue weighted by molar-refractivity contribution is -0.385. The summed E-state index contributed by atoms with van der Waals surface area (Å²) in [7, 11) is 0. The number of aromatic nitrogens is 1. The van der Waals surface area contributed by atoms with Crippen molar-refractivity contribution in [1.82, 2.24) is 9.88 Å². The molecule has 1 aliphatic heterocycles. The maximum atomic E-state index is 10.8. The van der Waals surface area contributed by atoms with Gasteiger partial charge in [-0.15, -0.1) is 0 Å². The van der Waals surface area contributed by atoms with E-state index in [0.717, 1.165) is 0 Å². The average Bonchev–Trinajstić information content (AvgIpc) is 2.38. The van der Waals surface area contributed by atoms with Crippen LogP contribution in [-0.2, 0) is 0 Å². The molecule has 1 saturated heterocycles. The molecule has 8 nitrogen and oxygen atoms in total. The van der Waals surface area contributed by atoms with E-state index in [9.17, 15) is 14.9 Å². The van der Waals surface area contributed by atoms with Crippen molar-refractivity contribution < 1.29 is 14.8 Å². The number of rotatable bonds is 2. The zero-order valence-corrected chi connectivity index (χ0v) is 10.4. The predicted octanol–water partition coefficient (Wildman–Crippen LogP) is 1.10. The van der Waals surface area contributed by atoms with Crippen LogP contribution in [0, 0.1) is 17.0 Å². The molecule has 1 aliphatic rings. The molecule has 0 spiro atoms. The highest BCUT2D eigenvalue weighted by Gasteiger charge is 2.22. The van der Waals surface area contributed by atoms with Crippen molar-refractivity contribution in [3.63, 3.8) is 0 Å². The Hall–Kier alpha value is -2.38. The zero-order valence-electron chi connectivity index (χ0n) is 10.4. The monoisotopic (exact) mass is 266 g/mol. The van der Waals surface area contributed by atoms with Crippen molar-refractivity contribution in [3.8, 4) is 0 Å². The quantitative estimate of drug-likeness (QED) is 0.635. The lowest BCUT2D eigenvalue weighted by atomic mass is 10.2. The summed E-state index contributed by atoms with van der Waals surface area (Å²) in [5.74, 6) is 0.646. The van der Waals surface area contributed by atoms with Crippen LogP contribution in [0.1, 0.15) is 5.69 Å². The fourth-order valence-electron chi connectivity index (χ4n) is 2.04. The van der Waals surface area contributed by atoms with Crippen LogP contribution in [-0.4, -0.2) is 52.2 Å². The summed E-state index contributed by atoms with van der Waals surface area (Å²) >= 11 is 0. The summed E-state index contributed by atoms with van der Waals surface area (Å²) in [5.41, 5.74) is 0.357. The van der Waals surface area contributed by atoms with Crippen LogP contribution in [0.4, 0.5) is 16.3 Å². The van der Waals surface area contributed by atoms with E-state index < -0.39 is 11.0 Å². The number of piperazine rings is 1. The van der Waals surface area contributed by atoms with Gasteiger partial charge in [0.25, 0.3) is 5.69 Å². The van der Waals surface area contributed by atoms with Crippen molar-refractivity contribution in [3.05, 3.63) is 27.9 Å². The number of amides is 1. The van der Waals surface area contributed by atoms with Gasteiger partial charge in [-0.25, -0.2) is 9.78 Å². The van der Waals surface area contributed by atoms with Gasteiger partial charge in [-0.2, -0.15) is 0 Å². The Balaban J connectivity index is 2.10. The minimum absolute atomic E-state index is 0.00655. The van der Waals surface area contributed by atoms with Crippen molar-refractivity contribution in [1.29, 1.82) is 0 Å². The van der Waals surface area contributed by atoms with E-state index in [4.69, 9.17) is 5.11 Å². The third-order valence-electron chi connectivity index (χ3n) is 3.11. The molecule has 2 heterocycles. The first-order valence-corrected chi connectivity index (χ1v) is 5.84. The van der Waals surface area contributed by atoms with Crippen molar-refractivity contribution >= 4 is 17.6 Å². The van der Waals surface area contributed by atoms with Gasteiger partial charge in [-0.1, -0.05) is 0 Å². The van der Waals surface area contributed by atoms with Crippen molar-refractivity contribution in [2.24, 2.45) is 0 Å². The number of anilines is 1. The van der Waals surface area contributed by atoms with Gasteiger partial charge in [0, 0.05) is 32.2 Å². The third-order valence-corrected chi connectivity index (χ3v) is 3.11. The number of nitrogens with zero attached hydrogens (tertiary/aromatic N) is 4. The molecule has 0 bridgehead atoms. The van der Waals surface area contributed by atoms with Gasteiger partial charge in [-0.05, 0) is 13.0 Å². The molecule has 0 saturated carbocycles. The maximum absolute atomic E-state index is 10.8. The van der Waals surface area contributed by atoms with Gasteiger partial charge >= 0.3 is 6.09 Å². The van der Waals surface area contributed by atoms with Gasteiger partial charge in [0.1, 0.15) is 11.5 Å². The highest BCUT2D eigenvalue weighted by Crippen LogP contribution is 2.21. The Morgan fingerprint density at radius 1 is 1.37 bits per heavy atom. The lowest BCUT2D eigenvalue weighted by Crippen LogP contribution is -2.48. The summed E-state index contributed by atoms with van der Waals surface area (Å²) in [6, 6.07) is 3.03. The van der Waals surface area contributed by atoms with Crippen LogP contribution in [0.2, 0.25) is 0 Å². The molecule has 102 valence electrons. The second-order valence-electron chi connectivity index (χ2n) is 4.29. The average molecular weight is 266 g/mol. The molecule has 0 radical (unpaired) electrons. The Morgan fingerprint density at radius 2 is 2.00 bits per heavy atom. The van der Waals surface area contributed by atoms with Gasteiger partial charge < -0.3 is 14.9 Å². The van der Waals surface area contributed by atoms with Gasteiger partial charge in [0.15, 0.2) is 0 Å². The number of hydrogen-bond acceptors (Lipinski definition) is 5. The predicted molar refractivity (Wildman–Crippen MR) is 67.4 cm³/mol. The molecule has 1 aromatic heterocycles. The Morgan fingerprint density at radius 3 is 2.47 bits per heavy atom. The van der Waals surface area contributed by atoms with E-state index in [-0.39, 0.29) is 5.69 Å². The largest absolute Gasteiger partial charge is 0.465 e. The van der Waals surface area contributed by atoms with E-state index in [1.54, 1.807) is 13.0 Å². The minimum Gasteiger partial charge on any atom is -0.465 e. The molecule has 1 N–H and O–H groups in total. The fraction of sp³-hybridized carbons (Fsp3) is 0.455. The fourth-order valence-corrected chi connectivity index (χ4v) is 2.04. The summed E-state index contributed by atoms with van der Waals surface area (Å²) in [6.45, 7) is 3.49. The number of carbonyl (C=O) groups is 1. The molecule has 0 aliphatic carbocycles. The maximum Gasteiger partial charge on any atom is 0.407 e. The summed E-state index contributed by atoms with van der Waals surface area (Å²) in [5, 5.41) is 19.6. The molecule has 0 aromatic carbocycles. The number of aryl methyl sites for hydroxylation is 1. The molecule has 0 unspecified atom stereocenters. The standard InChI is InChI=1S/C11H14N4O4/c1-8-9(15(18)19)2-3-10(12-8)13-4-6-14(7-5-13)11(16)17/h2-3H,4-7H2,1H3,(H,16,17). The molecule has 1 aromatic rings. The smallest absolute Gasteiger partial charge is 0.407 e. The van der Waals surface area contributed by atoms with E-state index >= 15 is 0 Å². The van der Waals surface area contributed by atoms with Crippen molar-refractivity contribution in [2.75, 3.05) is 31.1 Å². The molecular formula is C11H14N4O4. The number of hydrogen-bond donors (Lipinski definition) is 1. The lowest BCUT2D eigenvalue weighted by Gasteiger charge is -2.33. The highest BCUT2D eigenvalue weighted by molar-refractivity contribution is 5.65. The second-order valence-corrected chi connectivity index (χ2v) is 4.29. The number of carboxylic acid groups (broad SMARTS) is 1. The molecule has 0 atom stereocenters. The van der Waals surface area contributed by atoms with Crippen LogP contribution in [0.5, 0.6) is 0 Å². The van der Waals surface area contributed by atoms with Gasteiger partial charge in [-0.3, -0.25) is 10.1 Å². The Bertz CT molecular complexity index is 511. The molecule has 1 fully saturated rings. The van der Waals surface area contributed by atoms with Crippen LogP contribution >= 0.6 is 0 Å². The van der Waals surface area contributed by atoms with Crippen LogP contribution in [0.25, 0.3) is 0 Å². The second kappa shape index (κ2) is 5.09. The first kappa shape index (κ1) is 13.1. The first-order valence-electron chi connectivity index (χ1n) is 5.84.